The molecule has 0 aliphatic rings. The van der Waals surface area contributed by atoms with Crippen LogP contribution in [-0.4, -0.2) is 27.1 Å². The molecule has 0 saturated heterocycles. The summed E-state index contributed by atoms with van der Waals surface area (Å²) < 4.78 is 17.2. The van der Waals surface area contributed by atoms with E-state index in [2.05, 4.69) is 10.3 Å². The second-order valence-electron chi connectivity index (χ2n) is 6.24. The third-order valence-corrected chi connectivity index (χ3v) is 5.48. The van der Waals surface area contributed by atoms with Crippen molar-refractivity contribution in [1.29, 1.82) is 0 Å². The smallest absolute Gasteiger partial charge is 0.237 e. The molecule has 0 spiro atoms. The van der Waals surface area contributed by atoms with Crippen LogP contribution in [0.15, 0.2) is 42.6 Å². The highest BCUT2D eigenvalue weighted by Gasteiger charge is 2.15. The Morgan fingerprint density at radius 2 is 2.04 bits per heavy atom. The average Bonchev–Trinajstić information content (AvgIpc) is 2.63. The van der Waals surface area contributed by atoms with Gasteiger partial charge in [-0.25, -0.2) is 0 Å². The van der Waals surface area contributed by atoms with Crippen LogP contribution in [0.25, 0.3) is 10.8 Å². The lowest BCUT2D eigenvalue weighted by atomic mass is 10.1. The van der Waals surface area contributed by atoms with Gasteiger partial charge in [-0.1, -0.05) is 35.3 Å². The van der Waals surface area contributed by atoms with E-state index >= 15 is 0 Å². The molecule has 0 saturated carbocycles. The summed E-state index contributed by atoms with van der Waals surface area (Å²) in [4.78, 5) is 16.2. The van der Waals surface area contributed by atoms with E-state index in [4.69, 9.17) is 27.9 Å². The maximum Gasteiger partial charge on any atom is 0.237 e. The van der Waals surface area contributed by atoms with Gasteiger partial charge in [0.15, 0.2) is 0 Å². The number of carbonyl (C=O) groups excluding carboxylic acids is 1. The minimum Gasteiger partial charge on any atom is -0.488 e. The molecule has 1 amide bonds. The van der Waals surface area contributed by atoms with Gasteiger partial charge in [0.2, 0.25) is 5.91 Å². The predicted molar refractivity (Wildman–Crippen MR) is 115 cm³/mol. The Balaban J connectivity index is 1.85. The van der Waals surface area contributed by atoms with Crippen LogP contribution >= 0.6 is 23.2 Å². The lowest BCUT2D eigenvalue weighted by Crippen LogP contribution is -2.19. The van der Waals surface area contributed by atoms with E-state index in [1.807, 2.05) is 31.2 Å². The lowest BCUT2D eigenvalue weighted by molar-refractivity contribution is -0.113. The largest absolute Gasteiger partial charge is 0.488 e. The number of pyridine rings is 1. The Hall–Kier alpha value is -2.15. The molecule has 0 aliphatic carbocycles. The highest BCUT2D eigenvalue weighted by Crippen LogP contribution is 2.34. The molecule has 146 valence electrons. The van der Waals surface area contributed by atoms with Crippen molar-refractivity contribution in [3.8, 4) is 5.75 Å². The van der Waals surface area contributed by atoms with Crippen LogP contribution in [0.2, 0.25) is 10.0 Å². The number of anilines is 1. The molecular weight excluding hydrogens is 419 g/mol. The summed E-state index contributed by atoms with van der Waals surface area (Å²) in [6.45, 7) is 2.04. The van der Waals surface area contributed by atoms with Crippen molar-refractivity contribution in [2.45, 2.75) is 13.5 Å². The van der Waals surface area contributed by atoms with Gasteiger partial charge in [0.25, 0.3) is 0 Å². The number of fused-ring (bicyclic) bond motifs is 1. The lowest BCUT2D eigenvalue weighted by Gasteiger charge is -2.14. The van der Waals surface area contributed by atoms with Crippen LogP contribution in [-0.2, 0) is 22.2 Å². The van der Waals surface area contributed by atoms with E-state index in [-0.39, 0.29) is 18.3 Å². The van der Waals surface area contributed by atoms with Crippen molar-refractivity contribution in [1.82, 2.24) is 4.98 Å². The van der Waals surface area contributed by atoms with Crippen LogP contribution in [0.1, 0.15) is 11.3 Å². The zero-order chi connectivity index (χ0) is 20.3. The Morgan fingerprint density at radius 3 is 2.79 bits per heavy atom. The number of nitrogens with one attached hydrogen (secondary N) is 1. The number of ether oxygens (including phenoxy) is 1. The maximum absolute atomic E-state index is 11.9. The number of halogens is 2. The van der Waals surface area contributed by atoms with Crippen LogP contribution in [0.4, 0.5) is 5.69 Å². The van der Waals surface area contributed by atoms with Crippen molar-refractivity contribution in [2.75, 3.05) is 17.3 Å². The average molecular weight is 437 g/mol. The van der Waals surface area contributed by atoms with E-state index in [1.54, 1.807) is 18.3 Å². The van der Waals surface area contributed by atoms with Gasteiger partial charge in [0.1, 0.15) is 18.1 Å². The Kier molecular flexibility index (Phi) is 6.54. The molecule has 1 N–H and O–H groups in total. The molecule has 0 fully saturated rings. The van der Waals surface area contributed by atoms with Gasteiger partial charge in [-0.2, -0.15) is 0 Å². The zero-order valence-corrected chi connectivity index (χ0v) is 17.6. The van der Waals surface area contributed by atoms with Gasteiger partial charge < -0.3 is 10.1 Å². The molecule has 0 radical (unpaired) electrons. The standard InChI is InChI=1S/C20H18Cl2N2O3S/c1-12-8-14-13(9-23-12)4-3-5-18(14)27-10-15-16(21)6-7-17(20(15)22)24-19(25)11-28(2)26/h3-9H,10-11H2,1-2H3,(H,24,25). The molecular formula is C20H18Cl2N2O3S. The van der Waals surface area contributed by atoms with Gasteiger partial charge >= 0.3 is 0 Å². The van der Waals surface area contributed by atoms with Crippen molar-refractivity contribution >= 4 is 56.4 Å². The Labute approximate surface area is 175 Å². The summed E-state index contributed by atoms with van der Waals surface area (Å²) in [6, 6.07) is 10.9. The first kappa shape index (κ1) is 20.6. The summed E-state index contributed by atoms with van der Waals surface area (Å²) in [5, 5.41) is 5.29. The highest BCUT2D eigenvalue weighted by molar-refractivity contribution is 7.85. The molecule has 0 aliphatic heterocycles. The number of rotatable bonds is 6. The molecule has 1 unspecified atom stereocenters. The first-order valence-corrected chi connectivity index (χ1v) is 10.9. The van der Waals surface area contributed by atoms with Gasteiger partial charge in [-0.05, 0) is 31.2 Å². The van der Waals surface area contributed by atoms with Crippen molar-refractivity contribution < 1.29 is 13.7 Å². The summed E-state index contributed by atoms with van der Waals surface area (Å²) in [5.74, 6) is 0.202. The van der Waals surface area contributed by atoms with Gasteiger partial charge in [0, 0.05) is 50.3 Å². The molecule has 3 aromatic rings. The number of carbonyl (C=O) groups is 1. The minimum atomic E-state index is -1.24. The van der Waals surface area contributed by atoms with Gasteiger partial charge in [-0.3, -0.25) is 14.0 Å². The third-order valence-electron chi connectivity index (χ3n) is 4.03. The van der Waals surface area contributed by atoms with Crippen molar-refractivity contribution in [2.24, 2.45) is 0 Å². The third kappa shape index (κ3) is 4.82. The minimum absolute atomic E-state index is 0.103. The fraction of sp³-hybridized carbons (Fsp3) is 0.200. The maximum atomic E-state index is 11.9. The first-order valence-electron chi connectivity index (χ1n) is 8.40. The number of nitrogens with zero attached hydrogens (tertiary/aromatic N) is 1. The fourth-order valence-corrected chi connectivity index (χ4v) is 3.69. The molecule has 1 aromatic heterocycles. The van der Waals surface area contributed by atoms with E-state index in [0.717, 1.165) is 16.5 Å². The number of benzene rings is 2. The quantitative estimate of drug-likeness (QED) is 0.605. The van der Waals surface area contributed by atoms with E-state index in [9.17, 15) is 9.00 Å². The normalized spacial score (nSPS) is 12.0. The predicted octanol–water partition coefficient (Wildman–Crippen LogP) is 4.75. The number of hydrogen-bond donors (Lipinski definition) is 1. The van der Waals surface area contributed by atoms with E-state index in [0.29, 0.717) is 27.0 Å². The fourth-order valence-electron chi connectivity index (χ4n) is 2.72. The monoisotopic (exact) mass is 436 g/mol. The molecule has 1 heterocycles. The van der Waals surface area contributed by atoms with Crippen LogP contribution in [0, 0.1) is 6.92 Å². The molecule has 1 atom stereocenters. The van der Waals surface area contributed by atoms with Gasteiger partial charge in [0.05, 0.1) is 10.7 Å². The highest BCUT2D eigenvalue weighted by atomic mass is 35.5. The molecule has 28 heavy (non-hydrogen) atoms. The SMILES string of the molecule is Cc1cc2c(OCc3c(Cl)ccc(NC(=O)CS(C)=O)c3Cl)cccc2cn1. The van der Waals surface area contributed by atoms with Crippen LogP contribution < -0.4 is 10.1 Å². The first-order chi connectivity index (χ1) is 13.3. The molecule has 0 bridgehead atoms. The Bertz CT molecular complexity index is 1070. The van der Waals surface area contributed by atoms with Crippen molar-refractivity contribution in [3.05, 3.63) is 63.9 Å². The second kappa shape index (κ2) is 8.90. The summed E-state index contributed by atoms with van der Waals surface area (Å²) in [7, 11) is -1.24. The van der Waals surface area contributed by atoms with Crippen LogP contribution in [0.5, 0.6) is 5.75 Å². The number of amides is 1. The number of aryl methyl sites for hydroxylation is 1. The van der Waals surface area contributed by atoms with Crippen molar-refractivity contribution in [3.63, 3.8) is 0 Å². The molecule has 3 rings (SSSR count). The van der Waals surface area contributed by atoms with Crippen LogP contribution in [0.3, 0.4) is 0 Å². The second-order valence-corrected chi connectivity index (χ2v) is 8.47. The van der Waals surface area contributed by atoms with E-state index in [1.165, 1.54) is 6.26 Å². The summed E-state index contributed by atoms with van der Waals surface area (Å²) >= 11 is 12.7. The molecule has 5 nitrogen and oxygen atoms in total. The molecule has 2 aromatic carbocycles. The topological polar surface area (TPSA) is 68.3 Å². The number of hydrogen-bond acceptors (Lipinski definition) is 4. The van der Waals surface area contributed by atoms with Gasteiger partial charge in [-0.15, -0.1) is 0 Å². The number of aromatic nitrogens is 1. The Morgan fingerprint density at radius 1 is 1.25 bits per heavy atom. The summed E-state index contributed by atoms with van der Waals surface area (Å²) in [6.07, 6.45) is 3.26. The van der Waals surface area contributed by atoms with E-state index < -0.39 is 10.8 Å². The molecule has 8 heteroatoms. The zero-order valence-electron chi connectivity index (χ0n) is 15.3. The summed E-state index contributed by atoms with van der Waals surface area (Å²) in [5.41, 5.74) is 1.84.